The van der Waals surface area contributed by atoms with Gasteiger partial charge in [0.2, 0.25) is 0 Å². The van der Waals surface area contributed by atoms with Gasteiger partial charge in [0.05, 0.1) is 6.10 Å². The Bertz CT molecular complexity index is 564. The molecule has 0 spiro atoms. The normalized spacial score (nSPS) is 23.6. The van der Waals surface area contributed by atoms with Gasteiger partial charge < -0.3 is 4.74 Å². The summed E-state index contributed by atoms with van der Waals surface area (Å²) in [5, 5.41) is 0.325. The van der Waals surface area contributed by atoms with E-state index in [1.54, 1.807) is 12.1 Å². The maximum atomic E-state index is 11.6. The number of rotatable bonds is 4. The van der Waals surface area contributed by atoms with Crippen LogP contribution in [0.4, 0.5) is 0 Å². The second-order valence-corrected chi connectivity index (χ2v) is 8.17. The van der Waals surface area contributed by atoms with E-state index in [4.69, 9.17) is 27.0 Å². The van der Waals surface area contributed by atoms with Crippen molar-refractivity contribution in [2.45, 2.75) is 50.0 Å². The maximum Gasteiger partial charge on any atom is 0.265 e. The fourth-order valence-electron chi connectivity index (χ4n) is 2.61. The maximum absolute atomic E-state index is 11.6. The van der Waals surface area contributed by atoms with E-state index in [-0.39, 0.29) is 11.0 Å². The van der Waals surface area contributed by atoms with Crippen LogP contribution in [0, 0.1) is 5.92 Å². The van der Waals surface area contributed by atoms with Crippen LogP contribution in [0.15, 0.2) is 23.1 Å². The number of hydrogen-bond acceptors (Lipinski definition) is 3. The summed E-state index contributed by atoms with van der Waals surface area (Å²) in [5.74, 6) is 1.06. The van der Waals surface area contributed by atoms with Gasteiger partial charge in [0, 0.05) is 15.7 Å². The second-order valence-electron chi connectivity index (χ2n) is 5.20. The largest absolute Gasteiger partial charge is 0.489 e. The molecule has 112 valence electrons. The van der Waals surface area contributed by atoms with Gasteiger partial charge in [-0.15, -0.1) is 0 Å². The van der Waals surface area contributed by atoms with Crippen LogP contribution in [0.5, 0.6) is 5.75 Å². The molecule has 0 radical (unpaired) electrons. The summed E-state index contributed by atoms with van der Waals surface area (Å²) < 4.78 is 29.0. The Hall–Kier alpha value is -0.450. The number of benzene rings is 1. The molecular formula is C14H18Cl2O3S. The fraction of sp³-hybridized carbons (Fsp3) is 0.571. The molecule has 0 bridgehead atoms. The lowest BCUT2D eigenvalue weighted by atomic mass is 9.86. The van der Waals surface area contributed by atoms with Crippen molar-refractivity contribution < 1.29 is 13.2 Å². The summed E-state index contributed by atoms with van der Waals surface area (Å²) in [6.07, 6.45) is 5.38. The highest BCUT2D eigenvalue weighted by Gasteiger charge is 2.24. The third kappa shape index (κ3) is 4.03. The SMILES string of the molecule is CCC1CCC(Oc2ccc(Cl)cc2S(=O)(=O)Cl)CC1. The van der Waals surface area contributed by atoms with Gasteiger partial charge in [-0.1, -0.05) is 24.9 Å². The van der Waals surface area contributed by atoms with Gasteiger partial charge in [0.15, 0.2) is 0 Å². The minimum absolute atomic E-state index is 0.0516. The van der Waals surface area contributed by atoms with E-state index in [2.05, 4.69) is 6.92 Å². The van der Waals surface area contributed by atoms with Crippen molar-refractivity contribution in [2.75, 3.05) is 0 Å². The van der Waals surface area contributed by atoms with E-state index in [1.165, 1.54) is 12.5 Å². The van der Waals surface area contributed by atoms with E-state index in [1.807, 2.05) is 0 Å². The molecule has 0 amide bonds. The molecule has 3 nitrogen and oxygen atoms in total. The predicted molar refractivity (Wildman–Crippen MR) is 81.2 cm³/mol. The Kier molecular flexibility index (Phi) is 5.21. The Morgan fingerprint density at radius 3 is 2.45 bits per heavy atom. The molecule has 20 heavy (non-hydrogen) atoms. The van der Waals surface area contributed by atoms with Gasteiger partial charge >= 0.3 is 0 Å². The fourth-order valence-corrected chi connectivity index (χ4v) is 3.83. The van der Waals surface area contributed by atoms with Crippen LogP contribution in [0.25, 0.3) is 0 Å². The van der Waals surface area contributed by atoms with Crippen molar-refractivity contribution in [3.63, 3.8) is 0 Å². The molecule has 1 saturated carbocycles. The van der Waals surface area contributed by atoms with Gasteiger partial charge in [-0.05, 0) is 49.8 Å². The Morgan fingerprint density at radius 2 is 1.90 bits per heavy atom. The highest BCUT2D eigenvalue weighted by atomic mass is 35.7. The number of hydrogen-bond donors (Lipinski definition) is 0. The van der Waals surface area contributed by atoms with Crippen LogP contribution in [-0.4, -0.2) is 14.5 Å². The summed E-state index contributed by atoms with van der Waals surface area (Å²) >= 11 is 5.82. The first-order chi connectivity index (χ1) is 9.40. The van der Waals surface area contributed by atoms with Crippen LogP contribution in [0.1, 0.15) is 39.0 Å². The van der Waals surface area contributed by atoms with E-state index in [0.29, 0.717) is 10.8 Å². The molecule has 0 heterocycles. The van der Waals surface area contributed by atoms with Crippen molar-refractivity contribution in [1.29, 1.82) is 0 Å². The van der Waals surface area contributed by atoms with Crippen LogP contribution >= 0.6 is 22.3 Å². The molecule has 0 saturated heterocycles. The summed E-state index contributed by atoms with van der Waals surface area (Å²) in [6.45, 7) is 2.20. The van der Waals surface area contributed by atoms with Gasteiger partial charge in [-0.25, -0.2) is 8.42 Å². The second kappa shape index (κ2) is 6.54. The molecule has 1 aliphatic rings. The third-order valence-electron chi connectivity index (χ3n) is 3.83. The Balaban J connectivity index is 2.14. The molecule has 1 aromatic rings. The minimum Gasteiger partial charge on any atom is -0.489 e. The summed E-state index contributed by atoms with van der Waals surface area (Å²) in [4.78, 5) is -0.0516. The summed E-state index contributed by atoms with van der Waals surface area (Å²) in [7, 11) is 1.57. The van der Waals surface area contributed by atoms with Crippen molar-refractivity contribution in [3.8, 4) is 5.75 Å². The molecule has 0 N–H and O–H groups in total. The lowest BCUT2D eigenvalue weighted by Gasteiger charge is -2.28. The Labute approximate surface area is 129 Å². The van der Waals surface area contributed by atoms with Gasteiger partial charge in [0.1, 0.15) is 10.6 Å². The van der Waals surface area contributed by atoms with Crippen LogP contribution in [0.2, 0.25) is 5.02 Å². The predicted octanol–water partition coefficient (Wildman–Crippen LogP) is 4.62. The quantitative estimate of drug-likeness (QED) is 0.753. The monoisotopic (exact) mass is 336 g/mol. The third-order valence-corrected chi connectivity index (χ3v) is 5.41. The minimum atomic E-state index is -3.86. The van der Waals surface area contributed by atoms with Crippen molar-refractivity contribution in [2.24, 2.45) is 5.92 Å². The topological polar surface area (TPSA) is 43.4 Å². The first kappa shape index (κ1) is 15.9. The lowest BCUT2D eigenvalue weighted by Crippen LogP contribution is -2.24. The molecule has 0 aliphatic heterocycles. The van der Waals surface area contributed by atoms with Crippen LogP contribution < -0.4 is 4.74 Å². The average Bonchev–Trinajstić information content (AvgIpc) is 2.40. The van der Waals surface area contributed by atoms with E-state index in [9.17, 15) is 8.42 Å². The summed E-state index contributed by atoms with van der Waals surface area (Å²) in [6, 6.07) is 4.51. The molecule has 1 aromatic carbocycles. The van der Waals surface area contributed by atoms with E-state index >= 15 is 0 Å². The molecule has 6 heteroatoms. The highest BCUT2D eigenvalue weighted by Crippen LogP contribution is 2.34. The van der Waals surface area contributed by atoms with Gasteiger partial charge in [0.25, 0.3) is 9.05 Å². The lowest BCUT2D eigenvalue weighted by molar-refractivity contribution is 0.126. The molecule has 2 rings (SSSR count). The molecule has 0 aromatic heterocycles. The van der Waals surface area contributed by atoms with E-state index in [0.717, 1.165) is 31.6 Å². The number of halogens is 2. The first-order valence-electron chi connectivity index (χ1n) is 6.81. The van der Waals surface area contributed by atoms with Crippen molar-refractivity contribution in [1.82, 2.24) is 0 Å². The molecular weight excluding hydrogens is 319 g/mol. The zero-order valence-corrected chi connectivity index (χ0v) is 13.6. The van der Waals surface area contributed by atoms with Crippen molar-refractivity contribution >= 4 is 31.3 Å². The molecule has 0 atom stereocenters. The smallest absolute Gasteiger partial charge is 0.265 e. The Morgan fingerprint density at radius 1 is 1.25 bits per heavy atom. The summed E-state index contributed by atoms with van der Waals surface area (Å²) in [5.41, 5.74) is 0. The molecule has 1 aliphatic carbocycles. The molecule has 0 unspecified atom stereocenters. The van der Waals surface area contributed by atoms with Gasteiger partial charge in [-0.3, -0.25) is 0 Å². The zero-order valence-electron chi connectivity index (χ0n) is 11.3. The van der Waals surface area contributed by atoms with Crippen LogP contribution in [-0.2, 0) is 9.05 Å². The first-order valence-corrected chi connectivity index (χ1v) is 9.49. The standard InChI is InChI=1S/C14H18Cl2O3S/c1-2-10-3-6-12(7-4-10)19-13-8-5-11(15)9-14(13)20(16,17)18/h5,8-10,12H,2-4,6-7H2,1H3. The van der Waals surface area contributed by atoms with Crippen molar-refractivity contribution in [3.05, 3.63) is 23.2 Å². The van der Waals surface area contributed by atoms with Crippen LogP contribution in [0.3, 0.4) is 0 Å². The zero-order chi connectivity index (χ0) is 14.8. The van der Waals surface area contributed by atoms with Gasteiger partial charge in [-0.2, -0.15) is 0 Å². The average molecular weight is 337 g/mol. The molecule has 1 fully saturated rings. The number of ether oxygens (including phenoxy) is 1. The highest BCUT2D eigenvalue weighted by molar-refractivity contribution is 8.13. The van der Waals surface area contributed by atoms with E-state index < -0.39 is 9.05 Å².